The average Bonchev–Trinajstić information content (AvgIpc) is 3.07. The molecule has 7 heteroatoms. The van der Waals surface area contributed by atoms with Gasteiger partial charge < -0.3 is 5.73 Å². The van der Waals surface area contributed by atoms with Gasteiger partial charge >= 0.3 is 0 Å². The molecule has 2 heterocycles. The van der Waals surface area contributed by atoms with E-state index in [1.54, 1.807) is 16.4 Å². The summed E-state index contributed by atoms with van der Waals surface area (Å²) in [5, 5.41) is 12.4. The summed E-state index contributed by atoms with van der Waals surface area (Å²) in [6.45, 7) is 0. The minimum atomic E-state index is -0.380. The molecule has 0 saturated carbocycles. The van der Waals surface area contributed by atoms with Crippen LogP contribution in [0.25, 0.3) is 5.69 Å². The monoisotopic (exact) mass is 332 g/mol. The van der Waals surface area contributed by atoms with Crippen molar-refractivity contribution in [2.24, 2.45) is 12.8 Å². The van der Waals surface area contributed by atoms with Crippen LogP contribution in [-0.4, -0.2) is 24.8 Å². The highest BCUT2D eigenvalue weighted by Gasteiger charge is 2.20. The van der Waals surface area contributed by atoms with E-state index in [0.29, 0.717) is 4.60 Å². The topological polar surface area (TPSA) is 74.6 Å². The molecular weight excluding hydrogens is 320 g/mol. The van der Waals surface area contributed by atoms with E-state index >= 15 is 0 Å². The molecule has 0 saturated heterocycles. The summed E-state index contributed by atoms with van der Waals surface area (Å²) in [5.41, 5.74) is 8.80. The number of aromatic nitrogens is 5. The Kier molecular flexibility index (Phi) is 3.37. The molecule has 2 N–H and O–H groups in total. The van der Waals surface area contributed by atoms with Gasteiger partial charge in [0.05, 0.1) is 23.1 Å². The molecule has 20 heavy (non-hydrogen) atoms. The van der Waals surface area contributed by atoms with Crippen molar-refractivity contribution in [1.29, 1.82) is 0 Å². The molecule has 0 spiro atoms. The van der Waals surface area contributed by atoms with Gasteiger partial charge in [-0.25, -0.2) is 9.36 Å². The lowest BCUT2D eigenvalue weighted by molar-refractivity contribution is 0.639. The van der Waals surface area contributed by atoms with Gasteiger partial charge in [0.2, 0.25) is 0 Å². The molecule has 0 fully saturated rings. The van der Waals surface area contributed by atoms with E-state index in [2.05, 4.69) is 31.3 Å². The number of para-hydroxylation sites is 1. The van der Waals surface area contributed by atoms with Crippen molar-refractivity contribution in [1.82, 2.24) is 24.8 Å². The van der Waals surface area contributed by atoms with Crippen LogP contribution in [0.15, 0.2) is 47.2 Å². The smallest absolute Gasteiger partial charge is 0.153 e. The lowest BCUT2D eigenvalue weighted by Gasteiger charge is -2.09. The molecule has 3 rings (SSSR count). The number of benzene rings is 1. The summed E-state index contributed by atoms with van der Waals surface area (Å²) in [6.07, 6.45) is 1.89. The minimum Gasteiger partial charge on any atom is -0.318 e. The largest absolute Gasteiger partial charge is 0.318 e. The number of hydrogen-bond donors (Lipinski definition) is 1. The van der Waals surface area contributed by atoms with E-state index in [1.165, 1.54) is 0 Å². The van der Waals surface area contributed by atoms with Crippen molar-refractivity contribution in [3.8, 4) is 5.69 Å². The van der Waals surface area contributed by atoms with Crippen molar-refractivity contribution in [2.75, 3.05) is 0 Å². The fourth-order valence-electron chi connectivity index (χ4n) is 2.04. The molecule has 0 aliphatic rings. The zero-order valence-corrected chi connectivity index (χ0v) is 12.4. The highest BCUT2D eigenvalue weighted by Crippen LogP contribution is 2.23. The van der Waals surface area contributed by atoms with Crippen LogP contribution in [0.5, 0.6) is 0 Å². The Morgan fingerprint density at radius 2 is 1.95 bits per heavy atom. The zero-order valence-electron chi connectivity index (χ0n) is 10.8. The third kappa shape index (κ3) is 2.25. The fourth-order valence-corrected chi connectivity index (χ4v) is 2.61. The Bertz CT molecular complexity index is 698. The molecule has 1 unspecified atom stereocenters. The first-order valence-corrected chi connectivity index (χ1v) is 6.88. The molecule has 0 aliphatic carbocycles. The average molecular weight is 333 g/mol. The van der Waals surface area contributed by atoms with Crippen molar-refractivity contribution in [2.45, 2.75) is 6.04 Å². The van der Waals surface area contributed by atoms with Crippen LogP contribution in [0.2, 0.25) is 0 Å². The van der Waals surface area contributed by atoms with E-state index < -0.39 is 0 Å². The van der Waals surface area contributed by atoms with Crippen LogP contribution in [0.1, 0.15) is 17.4 Å². The van der Waals surface area contributed by atoms with Gasteiger partial charge in [-0.05, 0) is 34.1 Å². The Balaban J connectivity index is 1.95. The summed E-state index contributed by atoms with van der Waals surface area (Å²) in [7, 11) is 1.81. The second kappa shape index (κ2) is 5.18. The SMILES string of the molecule is Cn1nnc(Br)c1C(N)c1ccn(-c2ccccc2)n1. The van der Waals surface area contributed by atoms with E-state index in [0.717, 1.165) is 17.1 Å². The maximum Gasteiger partial charge on any atom is 0.153 e. The highest BCUT2D eigenvalue weighted by atomic mass is 79.9. The van der Waals surface area contributed by atoms with Crippen molar-refractivity contribution >= 4 is 15.9 Å². The van der Waals surface area contributed by atoms with Crippen molar-refractivity contribution in [3.05, 3.63) is 58.6 Å². The highest BCUT2D eigenvalue weighted by molar-refractivity contribution is 9.10. The first kappa shape index (κ1) is 13.0. The number of nitrogens with two attached hydrogens (primary N) is 1. The minimum absolute atomic E-state index is 0.380. The zero-order chi connectivity index (χ0) is 14.1. The molecule has 1 atom stereocenters. The number of aryl methyl sites for hydroxylation is 1. The van der Waals surface area contributed by atoms with Crippen LogP contribution < -0.4 is 5.73 Å². The van der Waals surface area contributed by atoms with E-state index in [4.69, 9.17) is 5.73 Å². The van der Waals surface area contributed by atoms with Crippen LogP contribution >= 0.6 is 15.9 Å². The van der Waals surface area contributed by atoms with Gasteiger partial charge in [0, 0.05) is 13.2 Å². The first-order valence-electron chi connectivity index (χ1n) is 6.08. The summed E-state index contributed by atoms with van der Waals surface area (Å²) in [4.78, 5) is 0. The van der Waals surface area contributed by atoms with Gasteiger partial charge in [-0.1, -0.05) is 23.4 Å². The lowest BCUT2D eigenvalue weighted by Crippen LogP contribution is -2.17. The molecule has 102 valence electrons. The molecule has 2 aromatic heterocycles. The Morgan fingerprint density at radius 1 is 1.20 bits per heavy atom. The molecule has 0 radical (unpaired) electrons. The number of rotatable bonds is 3. The third-order valence-corrected chi connectivity index (χ3v) is 3.64. The predicted octanol–water partition coefficient (Wildman–Crippen LogP) is 1.81. The van der Waals surface area contributed by atoms with Gasteiger partial charge in [-0.3, -0.25) is 0 Å². The van der Waals surface area contributed by atoms with Crippen molar-refractivity contribution < 1.29 is 0 Å². The number of halogens is 1. The van der Waals surface area contributed by atoms with Gasteiger partial charge in [0.1, 0.15) is 0 Å². The molecule has 3 aromatic rings. The maximum absolute atomic E-state index is 6.25. The van der Waals surface area contributed by atoms with Gasteiger partial charge in [-0.15, -0.1) is 5.10 Å². The van der Waals surface area contributed by atoms with Crippen LogP contribution in [0.4, 0.5) is 0 Å². The molecule has 0 bridgehead atoms. The molecule has 1 aromatic carbocycles. The lowest BCUT2D eigenvalue weighted by atomic mass is 10.2. The Hall–Kier alpha value is -1.99. The van der Waals surface area contributed by atoms with Crippen molar-refractivity contribution in [3.63, 3.8) is 0 Å². The quantitative estimate of drug-likeness (QED) is 0.793. The van der Waals surface area contributed by atoms with Gasteiger partial charge in [-0.2, -0.15) is 5.10 Å². The second-order valence-electron chi connectivity index (χ2n) is 4.39. The summed E-state index contributed by atoms with van der Waals surface area (Å²) >= 11 is 3.36. The van der Waals surface area contributed by atoms with Crippen LogP contribution in [0.3, 0.4) is 0 Å². The summed E-state index contributed by atoms with van der Waals surface area (Å²) in [6, 6.07) is 11.4. The Labute approximate surface area is 124 Å². The van der Waals surface area contributed by atoms with Crippen LogP contribution in [-0.2, 0) is 7.05 Å². The Morgan fingerprint density at radius 3 is 2.60 bits per heavy atom. The standard InChI is InChI=1S/C13H13BrN6/c1-19-12(13(14)16-18-19)11(15)10-7-8-20(17-10)9-5-3-2-4-6-9/h2-8,11H,15H2,1H3. The normalized spacial score (nSPS) is 12.6. The molecule has 6 nitrogen and oxygen atoms in total. The second-order valence-corrected chi connectivity index (χ2v) is 5.14. The number of nitrogens with zero attached hydrogens (tertiary/aromatic N) is 5. The van der Waals surface area contributed by atoms with Crippen LogP contribution in [0, 0.1) is 0 Å². The molecular formula is C13H13BrN6. The van der Waals surface area contributed by atoms with E-state index in [9.17, 15) is 0 Å². The summed E-state index contributed by atoms with van der Waals surface area (Å²) < 4.78 is 4.09. The van der Waals surface area contributed by atoms with Gasteiger partial charge in [0.15, 0.2) is 4.60 Å². The predicted molar refractivity (Wildman–Crippen MR) is 78.3 cm³/mol. The first-order chi connectivity index (χ1) is 9.66. The molecule has 0 amide bonds. The maximum atomic E-state index is 6.25. The third-order valence-electron chi connectivity index (χ3n) is 3.07. The van der Waals surface area contributed by atoms with E-state index in [1.807, 2.05) is 42.6 Å². The number of hydrogen-bond acceptors (Lipinski definition) is 4. The summed E-state index contributed by atoms with van der Waals surface area (Å²) in [5.74, 6) is 0. The fraction of sp³-hybridized carbons (Fsp3) is 0.154. The van der Waals surface area contributed by atoms with E-state index in [-0.39, 0.29) is 6.04 Å². The molecule has 0 aliphatic heterocycles. The van der Waals surface area contributed by atoms with Gasteiger partial charge in [0.25, 0.3) is 0 Å².